The van der Waals surface area contributed by atoms with Crippen molar-refractivity contribution in [3.8, 4) is 5.75 Å². The predicted molar refractivity (Wildman–Crippen MR) is 99.4 cm³/mol. The Labute approximate surface area is 154 Å². The smallest absolute Gasteiger partial charge is 0.222 e. The zero-order valence-corrected chi connectivity index (χ0v) is 15.1. The van der Waals surface area contributed by atoms with Gasteiger partial charge in [-0.05, 0) is 42.7 Å². The van der Waals surface area contributed by atoms with E-state index >= 15 is 0 Å². The zero-order valence-electron chi connectivity index (χ0n) is 15.1. The van der Waals surface area contributed by atoms with Crippen molar-refractivity contribution in [3.05, 3.63) is 65.0 Å². The van der Waals surface area contributed by atoms with E-state index in [9.17, 15) is 9.18 Å². The highest BCUT2D eigenvalue weighted by molar-refractivity contribution is 5.78. The number of benzene rings is 2. The summed E-state index contributed by atoms with van der Waals surface area (Å²) in [6.45, 7) is 5.44. The van der Waals surface area contributed by atoms with Gasteiger partial charge in [-0.1, -0.05) is 24.3 Å². The molecule has 0 atom stereocenters. The lowest BCUT2D eigenvalue weighted by Crippen LogP contribution is -2.32. The van der Waals surface area contributed by atoms with Gasteiger partial charge in [0.1, 0.15) is 18.2 Å². The van der Waals surface area contributed by atoms with Crippen LogP contribution in [0.5, 0.6) is 5.75 Å². The van der Waals surface area contributed by atoms with Crippen molar-refractivity contribution in [2.75, 3.05) is 19.6 Å². The van der Waals surface area contributed by atoms with Crippen LogP contribution in [0.2, 0.25) is 0 Å². The van der Waals surface area contributed by atoms with Crippen molar-refractivity contribution in [2.24, 2.45) is 0 Å². The highest BCUT2D eigenvalue weighted by Crippen LogP contribution is 2.19. The first-order valence-corrected chi connectivity index (χ1v) is 9.08. The van der Waals surface area contributed by atoms with Gasteiger partial charge in [-0.3, -0.25) is 4.79 Å². The first-order valence-electron chi connectivity index (χ1n) is 9.08. The Bertz CT molecular complexity index is 763. The van der Waals surface area contributed by atoms with E-state index in [2.05, 4.69) is 5.32 Å². The van der Waals surface area contributed by atoms with Gasteiger partial charge in [0.15, 0.2) is 0 Å². The molecule has 1 amide bonds. The largest absolute Gasteiger partial charge is 0.489 e. The summed E-state index contributed by atoms with van der Waals surface area (Å²) in [5.74, 6) is 0.748. The molecule has 1 heterocycles. The quantitative estimate of drug-likeness (QED) is 0.737. The topological polar surface area (TPSA) is 41.6 Å². The van der Waals surface area contributed by atoms with Crippen LogP contribution >= 0.6 is 0 Å². The van der Waals surface area contributed by atoms with Crippen LogP contribution in [-0.4, -0.2) is 30.4 Å². The fraction of sp³-hybridized carbons (Fsp3) is 0.381. The number of hydrogen-bond acceptors (Lipinski definition) is 3. The van der Waals surface area contributed by atoms with E-state index in [1.54, 1.807) is 18.2 Å². The molecular weight excluding hydrogens is 331 g/mol. The molecule has 0 radical (unpaired) electrons. The second-order valence-electron chi connectivity index (χ2n) is 6.63. The number of likely N-dealkylation sites (tertiary alicyclic amines) is 1. The molecular formula is C21H25FN2O2. The van der Waals surface area contributed by atoms with Crippen LogP contribution in [0.1, 0.15) is 29.5 Å². The van der Waals surface area contributed by atoms with Crippen molar-refractivity contribution >= 4 is 5.91 Å². The fourth-order valence-corrected chi connectivity index (χ4v) is 3.11. The molecule has 1 saturated heterocycles. The summed E-state index contributed by atoms with van der Waals surface area (Å²) in [4.78, 5) is 13.5. The predicted octanol–water partition coefficient (Wildman–Crippen LogP) is 3.43. The van der Waals surface area contributed by atoms with E-state index in [1.807, 2.05) is 30.0 Å². The van der Waals surface area contributed by atoms with Crippen molar-refractivity contribution in [1.82, 2.24) is 10.2 Å². The Balaban J connectivity index is 1.46. The van der Waals surface area contributed by atoms with Crippen LogP contribution < -0.4 is 10.1 Å². The molecule has 0 bridgehead atoms. The molecule has 2 aromatic rings. The molecule has 4 nitrogen and oxygen atoms in total. The standard InChI is InChI=1S/C21H25FN2O2/c1-16-13-19(26-15-18-5-2-3-6-20(18)22)9-8-17(16)14-23-10-12-24-11-4-7-21(24)25/h2-3,5-6,8-9,13,23H,4,7,10-12,14-15H2,1H3. The molecule has 0 aromatic heterocycles. The van der Waals surface area contributed by atoms with E-state index in [0.717, 1.165) is 43.9 Å². The van der Waals surface area contributed by atoms with Crippen LogP contribution in [0, 0.1) is 12.7 Å². The number of carbonyl (C=O) groups is 1. The molecule has 5 heteroatoms. The number of rotatable bonds is 8. The second kappa shape index (κ2) is 8.81. The van der Waals surface area contributed by atoms with Crippen LogP contribution in [0.25, 0.3) is 0 Å². The van der Waals surface area contributed by atoms with Gasteiger partial charge in [-0.2, -0.15) is 0 Å². The maximum absolute atomic E-state index is 13.6. The maximum atomic E-state index is 13.6. The number of amides is 1. The summed E-state index contributed by atoms with van der Waals surface area (Å²) in [7, 11) is 0. The van der Waals surface area contributed by atoms with E-state index in [-0.39, 0.29) is 18.3 Å². The van der Waals surface area contributed by atoms with Crippen molar-refractivity contribution in [2.45, 2.75) is 32.9 Å². The number of hydrogen-bond donors (Lipinski definition) is 1. The summed E-state index contributed by atoms with van der Waals surface area (Å²) in [5.41, 5.74) is 2.86. The molecule has 1 aliphatic heterocycles. The number of halogens is 1. The third kappa shape index (κ3) is 4.82. The number of aryl methyl sites for hydroxylation is 1. The van der Waals surface area contributed by atoms with Crippen molar-refractivity contribution in [3.63, 3.8) is 0 Å². The monoisotopic (exact) mass is 356 g/mol. The van der Waals surface area contributed by atoms with E-state index in [4.69, 9.17) is 4.74 Å². The molecule has 1 fully saturated rings. The van der Waals surface area contributed by atoms with Gasteiger partial charge in [0.25, 0.3) is 0 Å². The Kier molecular flexibility index (Phi) is 6.23. The second-order valence-corrected chi connectivity index (χ2v) is 6.63. The van der Waals surface area contributed by atoms with Gasteiger partial charge in [0, 0.05) is 38.2 Å². The van der Waals surface area contributed by atoms with Gasteiger partial charge in [-0.25, -0.2) is 4.39 Å². The Hall–Kier alpha value is -2.40. The van der Waals surface area contributed by atoms with Gasteiger partial charge < -0.3 is 15.0 Å². The molecule has 1 N–H and O–H groups in total. The van der Waals surface area contributed by atoms with Crippen molar-refractivity contribution < 1.29 is 13.9 Å². The summed E-state index contributed by atoms with van der Waals surface area (Å²) < 4.78 is 19.3. The molecule has 26 heavy (non-hydrogen) atoms. The molecule has 0 spiro atoms. The van der Waals surface area contributed by atoms with Crippen LogP contribution in [0.3, 0.4) is 0 Å². The third-order valence-electron chi connectivity index (χ3n) is 4.71. The Morgan fingerprint density at radius 2 is 2.04 bits per heavy atom. The van der Waals surface area contributed by atoms with Gasteiger partial charge in [-0.15, -0.1) is 0 Å². The first kappa shape index (κ1) is 18.4. The number of carbonyl (C=O) groups excluding carboxylic acids is 1. The highest BCUT2D eigenvalue weighted by atomic mass is 19.1. The van der Waals surface area contributed by atoms with Gasteiger partial charge >= 0.3 is 0 Å². The van der Waals surface area contributed by atoms with E-state index < -0.39 is 0 Å². The molecule has 2 aromatic carbocycles. The average molecular weight is 356 g/mol. The lowest BCUT2D eigenvalue weighted by Gasteiger charge is -2.16. The molecule has 0 aliphatic carbocycles. The minimum absolute atomic E-state index is 0.216. The minimum Gasteiger partial charge on any atom is -0.489 e. The number of ether oxygens (including phenoxy) is 1. The number of nitrogens with zero attached hydrogens (tertiary/aromatic N) is 1. The Morgan fingerprint density at radius 3 is 2.77 bits per heavy atom. The van der Waals surface area contributed by atoms with Gasteiger partial charge in [0.05, 0.1) is 0 Å². The summed E-state index contributed by atoms with van der Waals surface area (Å²) in [5, 5.41) is 3.39. The highest BCUT2D eigenvalue weighted by Gasteiger charge is 2.18. The zero-order chi connectivity index (χ0) is 18.4. The lowest BCUT2D eigenvalue weighted by atomic mass is 10.1. The molecule has 0 saturated carbocycles. The summed E-state index contributed by atoms with van der Waals surface area (Å²) in [6, 6.07) is 12.6. The van der Waals surface area contributed by atoms with E-state index in [0.29, 0.717) is 12.0 Å². The van der Waals surface area contributed by atoms with Crippen LogP contribution in [0.15, 0.2) is 42.5 Å². The Morgan fingerprint density at radius 1 is 1.19 bits per heavy atom. The summed E-state index contributed by atoms with van der Waals surface area (Å²) >= 11 is 0. The normalized spacial score (nSPS) is 14.1. The van der Waals surface area contributed by atoms with Gasteiger partial charge in [0.2, 0.25) is 5.91 Å². The van der Waals surface area contributed by atoms with Crippen molar-refractivity contribution in [1.29, 1.82) is 0 Å². The minimum atomic E-state index is -0.249. The molecule has 3 rings (SSSR count). The first-order chi connectivity index (χ1) is 12.6. The molecule has 0 unspecified atom stereocenters. The lowest BCUT2D eigenvalue weighted by molar-refractivity contribution is -0.127. The SMILES string of the molecule is Cc1cc(OCc2ccccc2F)ccc1CNCCN1CCCC1=O. The molecule has 138 valence electrons. The third-order valence-corrected chi connectivity index (χ3v) is 4.71. The van der Waals surface area contributed by atoms with Crippen LogP contribution in [0.4, 0.5) is 4.39 Å². The molecule has 1 aliphatic rings. The average Bonchev–Trinajstić information content (AvgIpc) is 3.04. The number of nitrogens with one attached hydrogen (secondary N) is 1. The van der Waals surface area contributed by atoms with E-state index in [1.165, 1.54) is 11.6 Å². The fourth-order valence-electron chi connectivity index (χ4n) is 3.11. The van der Waals surface area contributed by atoms with Crippen LogP contribution in [-0.2, 0) is 17.9 Å². The summed E-state index contributed by atoms with van der Waals surface area (Å²) in [6.07, 6.45) is 1.67. The maximum Gasteiger partial charge on any atom is 0.222 e.